The average molecular weight is 561 g/mol. The van der Waals surface area contributed by atoms with Gasteiger partial charge < -0.3 is 25.7 Å². The first kappa shape index (κ1) is 26.3. The summed E-state index contributed by atoms with van der Waals surface area (Å²) in [5.41, 5.74) is 6.06. The maximum atomic E-state index is 12.6. The maximum absolute atomic E-state index is 12.6. The second-order valence-electron chi connectivity index (χ2n) is 8.90. The molecular weight excluding hydrogens is 536 g/mol. The molecule has 39 heavy (non-hydrogen) atoms. The van der Waals surface area contributed by atoms with Gasteiger partial charge >= 0.3 is 5.97 Å². The van der Waals surface area contributed by atoms with E-state index in [-0.39, 0.29) is 40.3 Å². The number of carboxylic acid groups (broad SMARTS) is 1. The molecule has 0 aliphatic heterocycles. The van der Waals surface area contributed by atoms with E-state index in [1.165, 1.54) is 41.7 Å². The van der Waals surface area contributed by atoms with E-state index in [1.807, 2.05) is 50.2 Å². The molecule has 3 aromatic carbocycles. The molecule has 5 rings (SSSR count). The molecule has 0 fully saturated rings. The van der Waals surface area contributed by atoms with E-state index in [9.17, 15) is 19.5 Å². The fraction of sp³-hybridized carbons (Fsp3) is 0.148. The number of benzene rings is 3. The molecule has 2 amide bonds. The van der Waals surface area contributed by atoms with Crippen LogP contribution in [-0.2, 0) is 9.59 Å². The van der Waals surface area contributed by atoms with E-state index >= 15 is 0 Å². The van der Waals surface area contributed by atoms with E-state index in [0.29, 0.717) is 10.3 Å². The highest BCUT2D eigenvalue weighted by molar-refractivity contribution is 8.00. The van der Waals surface area contributed by atoms with Gasteiger partial charge in [0.05, 0.1) is 39.1 Å². The zero-order valence-electron chi connectivity index (χ0n) is 21.0. The van der Waals surface area contributed by atoms with Gasteiger partial charge in [-0.2, -0.15) is 0 Å². The predicted octanol–water partition coefficient (Wildman–Crippen LogP) is 5.22. The number of aromatic carboxylic acids is 1. The molecule has 198 valence electrons. The van der Waals surface area contributed by atoms with Crippen molar-refractivity contribution >= 4 is 74.7 Å². The summed E-state index contributed by atoms with van der Waals surface area (Å²) in [6, 6.07) is 15.9. The number of rotatable bonds is 9. The first-order chi connectivity index (χ1) is 18.7. The molecule has 2 aromatic heterocycles. The Bertz CT molecular complexity index is 1610. The molecule has 2 heterocycles. The van der Waals surface area contributed by atoms with Crippen LogP contribution in [0.2, 0.25) is 0 Å². The molecule has 10 nitrogen and oxygen atoms in total. The van der Waals surface area contributed by atoms with Gasteiger partial charge in [0.1, 0.15) is 0 Å². The number of nitrogens with one attached hydrogen (secondary N) is 4. The number of hydrogen-bond acceptors (Lipinski definition) is 7. The highest BCUT2D eigenvalue weighted by Crippen LogP contribution is 2.24. The van der Waals surface area contributed by atoms with Gasteiger partial charge in [-0.15, -0.1) is 0 Å². The van der Waals surface area contributed by atoms with Gasteiger partial charge in [0, 0.05) is 11.4 Å². The number of aryl methyl sites for hydroxylation is 2. The number of H-pyrrole nitrogens is 2. The van der Waals surface area contributed by atoms with E-state index in [0.717, 1.165) is 33.2 Å². The third-order valence-electron chi connectivity index (χ3n) is 5.66. The van der Waals surface area contributed by atoms with Crippen molar-refractivity contribution in [2.24, 2.45) is 0 Å². The molecular formula is C27H24N6O4S2. The van der Waals surface area contributed by atoms with Crippen molar-refractivity contribution in [3.05, 3.63) is 71.3 Å². The minimum Gasteiger partial charge on any atom is -0.478 e. The Labute approximate surface area is 231 Å². The molecule has 0 atom stereocenters. The van der Waals surface area contributed by atoms with E-state index in [2.05, 4.69) is 30.6 Å². The van der Waals surface area contributed by atoms with Crippen LogP contribution in [0, 0.1) is 13.8 Å². The number of carbonyl (C=O) groups is 3. The standard InChI is InChI=1S/C27H24N6O4S2/c1-14-3-5-19-21(7-14)32-26(30-19)38-12-23(34)28-17-9-16(25(36)37)10-18(11-17)29-24(35)13-39-27-31-20-6-4-15(2)8-22(20)33-27/h3-11H,12-13H2,1-2H3,(H,28,34)(H,29,35)(H,30,32)(H,31,33)(H,36,37). The lowest BCUT2D eigenvalue weighted by atomic mass is 10.1. The van der Waals surface area contributed by atoms with Crippen LogP contribution in [0.5, 0.6) is 0 Å². The fourth-order valence-corrected chi connectivity index (χ4v) is 5.26. The number of amides is 2. The number of fused-ring (bicyclic) bond motifs is 2. The van der Waals surface area contributed by atoms with Crippen LogP contribution in [0.1, 0.15) is 21.5 Å². The Morgan fingerprint density at radius 1 is 0.744 bits per heavy atom. The first-order valence-electron chi connectivity index (χ1n) is 11.9. The van der Waals surface area contributed by atoms with Crippen LogP contribution in [0.25, 0.3) is 22.1 Å². The summed E-state index contributed by atoms with van der Waals surface area (Å²) in [6.45, 7) is 3.98. The first-order valence-corrected chi connectivity index (χ1v) is 13.9. The summed E-state index contributed by atoms with van der Waals surface area (Å²) in [5, 5.41) is 16.1. The zero-order chi connectivity index (χ0) is 27.5. The number of hydrogen-bond donors (Lipinski definition) is 5. The second kappa shape index (κ2) is 11.2. The van der Waals surface area contributed by atoms with Gasteiger partial charge in [-0.05, 0) is 67.4 Å². The molecule has 0 saturated heterocycles. The predicted molar refractivity (Wildman–Crippen MR) is 154 cm³/mol. The number of nitrogens with zero attached hydrogens (tertiary/aromatic N) is 2. The summed E-state index contributed by atoms with van der Waals surface area (Å²) >= 11 is 2.47. The second-order valence-corrected chi connectivity index (χ2v) is 10.8. The zero-order valence-corrected chi connectivity index (χ0v) is 22.6. The fourth-order valence-electron chi connectivity index (χ4n) is 3.89. The SMILES string of the molecule is Cc1ccc2nc(SCC(=O)Nc3cc(NC(=O)CSc4nc5ccc(C)cc5[nH]4)cc(C(=O)O)c3)[nH]c2c1. The molecule has 0 aliphatic carbocycles. The van der Waals surface area contributed by atoms with Crippen molar-refractivity contribution in [2.75, 3.05) is 22.1 Å². The monoisotopic (exact) mass is 560 g/mol. The van der Waals surface area contributed by atoms with E-state index < -0.39 is 5.97 Å². The Balaban J connectivity index is 1.20. The number of thioether (sulfide) groups is 2. The average Bonchev–Trinajstić information content (AvgIpc) is 3.48. The largest absolute Gasteiger partial charge is 0.478 e. The van der Waals surface area contributed by atoms with Crippen molar-refractivity contribution in [1.82, 2.24) is 19.9 Å². The van der Waals surface area contributed by atoms with Crippen molar-refractivity contribution in [2.45, 2.75) is 24.2 Å². The van der Waals surface area contributed by atoms with E-state index in [4.69, 9.17) is 0 Å². The third kappa shape index (κ3) is 6.59. The molecule has 0 radical (unpaired) electrons. The highest BCUT2D eigenvalue weighted by Gasteiger charge is 2.14. The lowest BCUT2D eigenvalue weighted by Crippen LogP contribution is -2.17. The number of imidazole rings is 2. The quantitative estimate of drug-likeness (QED) is 0.154. The lowest BCUT2D eigenvalue weighted by molar-refractivity contribution is -0.114. The van der Waals surface area contributed by atoms with Crippen molar-refractivity contribution < 1.29 is 19.5 Å². The van der Waals surface area contributed by atoms with Gasteiger partial charge in [0.25, 0.3) is 0 Å². The minimum atomic E-state index is -1.18. The van der Waals surface area contributed by atoms with Gasteiger partial charge in [-0.1, -0.05) is 35.7 Å². The summed E-state index contributed by atoms with van der Waals surface area (Å²) in [6.07, 6.45) is 0. The third-order valence-corrected chi connectivity index (χ3v) is 7.41. The maximum Gasteiger partial charge on any atom is 0.335 e. The topological polar surface area (TPSA) is 153 Å². The summed E-state index contributed by atoms with van der Waals surface area (Å²) in [7, 11) is 0. The van der Waals surface area contributed by atoms with Crippen molar-refractivity contribution in [3.63, 3.8) is 0 Å². The smallest absolute Gasteiger partial charge is 0.335 e. The number of aromatic nitrogens is 4. The Hall–Kier alpha value is -4.29. The van der Waals surface area contributed by atoms with Gasteiger partial charge in [0.2, 0.25) is 11.8 Å². The molecule has 0 aliphatic rings. The van der Waals surface area contributed by atoms with Crippen molar-refractivity contribution in [3.8, 4) is 0 Å². The molecule has 0 bridgehead atoms. The lowest BCUT2D eigenvalue weighted by Gasteiger charge is -2.10. The van der Waals surface area contributed by atoms with Crippen LogP contribution in [-0.4, -0.2) is 54.3 Å². The summed E-state index contributed by atoms with van der Waals surface area (Å²) < 4.78 is 0. The van der Waals surface area contributed by atoms with Gasteiger partial charge in [-0.25, -0.2) is 14.8 Å². The number of aromatic amines is 2. The van der Waals surface area contributed by atoms with E-state index in [1.54, 1.807) is 0 Å². The Morgan fingerprint density at radius 3 is 1.64 bits per heavy atom. The Morgan fingerprint density at radius 2 is 1.21 bits per heavy atom. The van der Waals surface area contributed by atoms with Crippen LogP contribution < -0.4 is 10.6 Å². The van der Waals surface area contributed by atoms with Gasteiger partial charge in [0.15, 0.2) is 10.3 Å². The van der Waals surface area contributed by atoms with Crippen LogP contribution in [0.4, 0.5) is 11.4 Å². The number of carboxylic acids is 1. The molecule has 0 saturated carbocycles. The summed E-state index contributed by atoms with van der Waals surface area (Å²) in [4.78, 5) is 52.2. The van der Waals surface area contributed by atoms with Crippen LogP contribution in [0.3, 0.4) is 0 Å². The number of anilines is 2. The van der Waals surface area contributed by atoms with Crippen LogP contribution >= 0.6 is 23.5 Å². The molecule has 0 unspecified atom stereocenters. The normalized spacial score (nSPS) is 11.1. The van der Waals surface area contributed by atoms with Crippen molar-refractivity contribution in [1.29, 1.82) is 0 Å². The molecule has 0 spiro atoms. The van der Waals surface area contributed by atoms with Gasteiger partial charge in [-0.3, -0.25) is 9.59 Å². The summed E-state index contributed by atoms with van der Waals surface area (Å²) in [5.74, 6) is -1.74. The minimum absolute atomic E-state index is 0.0610. The molecule has 12 heteroatoms. The van der Waals surface area contributed by atoms with Crippen LogP contribution in [0.15, 0.2) is 64.9 Å². The molecule has 5 N–H and O–H groups in total. The molecule has 5 aromatic rings. The highest BCUT2D eigenvalue weighted by atomic mass is 32.2. The number of carbonyl (C=O) groups excluding carboxylic acids is 2. The Kier molecular flexibility index (Phi) is 7.57.